The molecular formula is C9H20N2O2S. The van der Waals surface area contributed by atoms with Gasteiger partial charge in [0.1, 0.15) is 0 Å². The summed E-state index contributed by atoms with van der Waals surface area (Å²) < 4.78 is 25.7. The van der Waals surface area contributed by atoms with Crippen LogP contribution in [0.5, 0.6) is 0 Å². The molecule has 1 aliphatic rings. The predicted molar refractivity (Wildman–Crippen MR) is 57.7 cm³/mol. The van der Waals surface area contributed by atoms with Gasteiger partial charge in [-0.25, -0.2) is 13.1 Å². The number of nitrogens with one attached hydrogen (secondary N) is 2. The van der Waals surface area contributed by atoms with Crippen molar-refractivity contribution in [3.05, 3.63) is 0 Å². The largest absolute Gasteiger partial charge is 0.317 e. The van der Waals surface area contributed by atoms with Crippen molar-refractivity contribution in [3.63, 3.8) is 0 Å². The van der Waals surface area contributed by atoms with Gasteiger partial charge >= 0.3 is 0 Å². The maximum Gasteiger partial charge on any atom is 0.212 e. The number of rotatable bonds is 7. The summed E-state index contributed by atoms with van der Waals surface area (Å²) in [7, 11) is -3.05. The molecule has 5 heteroatoms. The summed E-state index contributed by atoms with van der Waals surface area (Å²) in [6.07, 6.45) is 2.62. The van der Waals surface area contributed by atoms with E-state index in [4.69, 9.17) is 0 Å². The third kappa shape index (κ3) is 4.39. The van der Waals surface area contributed by atoms with Crippen molar-refractivity contribution in [2.75, 3.05) is 18.8 Å². The van der Waals surface area contributed by atoms with Gasteiger partial charge < -0.3 is 5.32 Å². The van der Waals surface area contributed by atoms with Gasteiger partial charge in [-0.15, -0.1) is 0 Å². The average molecular weight is 220 g/mol. The van der Waals surface area contributed by atoms with E-state index < -0.39 is 10.0 Å². The second-order valence-electron chi connectivity index (χ2n) is 4.19. The van der Waals surface area contributed by atoms with Crippen molar-refractivity contribution in [2.24, 2.45) is 0 Å². The van der Waals surface area contributed by atoms with Gasteiger partial charge in [-0.2, -0.15) is 0 Å². The SMILES string of the molecule is CCNCCCS(=O)(=O)NC1(C)CC1. The molecule has 14 heavy (non-hydrogen) atoms. The summed E-state index contributed by atoms with van der Waals surface area (Å²) in [5.74, 6) is 0.232. The highest BCUT2D eigenvalue weighted by atomic mass is 32.2. The number of sulfonamides is 1. The monoisotopic (exact) mass is 220 g/mol. The van der Waals surface area contributed by atoms with Crippen LogP contribution in [0, 0.1) is 0 Å². The molecule has 2 N–H and O–H groups in total. The van der Waals surface area contributed by atoms with Gasteiger partial charge in [0, 0.05) is 5.54 Å². The van der Waals surface area contributed by atoms with E-state index in [1.165, 1.54) is 0 Å². The molecule has 1 fully saturated rings. The standard InChI is InChI=1S/C9H20N2O2S/c1-3-10-7-4-8-14(12,13)11-9(2)5-6-9/h10-11H,3-8H2,1-2H3. The molecule has 0 spiro atoms. The van der Waals surface area contributed by atoms with Crippen LogP contribution in [-0.2, 0) is 10.0 Å². The second-order valence-corrected chi connectivity index (χ2v) is 6.03. The quantitative estimate of drug-likeness (QED) is 0.613. The molecule has 0 aromatic heterocycles. The van der Waals surface area contributed by atoms with E-state index in [-0.39, 0.29) is 11.3 Å². The molecule has 0 aromatic rings. The van der Waals surface area contributed by atoms with Crippen LogP contribution in [0.25, 0.3) is 0 Å². The predicted octanol–water partition coefficient (Wildman–Crippen LogP) is 0.458. The van der Waals surface area contributed by atoms with E-state index >= 15 is 0 Å². The maximum atomic E-state index is 11.5. The molecule has 1 rings (SSSR count). The molecule has 1 aliphatic carbocycles. The Morgan fingerprint density at radius 2 is 2.00 bits per heavy atom. The third-order valence-electron chi connectivity index (χ3n) is 2.42. The highest BCUT2D eigenvalue weighted by molar-refractivity contribution is 7.89. The van der Waals surface area contributed by atoms with E-state index in [1.54, 1.807) is 0 Å². The van der Waals surface area contributed by atoms with Gasteiger partial charge in [0.2, 0.25) is 10.0 Å². The van der Waals surface area contributed by atoms with Crippen molar-refractivity contribution in [3.8, 4) is 0 Å². The molecule has 0 saturated heterocycles. The van der Waals surface area contributed by atoms with Gasteiger partial charge in [0.25, 0.3) is 0 Å². The van der Waals surface area contributed by atoms with Crippen LogP contribution in [0.2, 0.25) is 0 Å². The summed E-state index contributed by atoms with van der Waals surface area (Å²) in [4.78, 5) is 0. The van der Waals surface area contributed by atoms with Crippen LogP contribution in [0.3, 0.4) is 0 Å². The first-order valence-electron chi connectivity index (χ1n) is 5.20. The van der Waals surface area contributed by atoms with Crippen LogP contribution in [0.4, 0.5) is 0 Å². The summed E-state index contributed by atoms with van der Waals surface area (Å²) in [6, 6.07) is 0. The zero-order valence-electron chi connectivity index (χ0n) is 8.97. The summed E-state index contributed by atoms with van der Waals surface area (Å²) >= 11 is 0. The zero-order valence-corrected chi connectivity index (χ0v) is 9.78. The first-order chi connectivity index (χ1) is 6.47. The topological polar surface area (TPSA) is 58.2 Å². The van der Waals surface area contributed by atoms with Gasteiger partial charge in [-0.3, -0.25) is 0 Å². The molecule has 0 radical (unpaired) electrons. The summed E-state index contributed by atoms with van der Waals surface area (Å²) in [5.41, 5.74) is -0.128. The van der Waals surface area contributed by atoms with Crippen molar-refractivity contribution in [1.82, 2.24) is 10.0 Å². The van der Waals surface area contributed by atoms with E-state index in [0.29, 0.717) is 6.42 Å². The Kier molecular flexibility index (Phi) is 3.92. The number of hydrogen-bond acceptors (Lipinski definition) is 3. The van der Waals surface area contributed by atoms with E-state index in [1.807, 2.05) is 13.8 Å². The first-order valence-corrected chi connectivity index (χ1v) is 6.85. The Labute approximate surface area is 86.5 Å². The van der Waals surface area contributed by atoms with E-state index in [9.17, 15) is 8.42 Å². The lowest BCUT2D eigenvalue weighted by Gasteiger charge is -2.11. The van der Waals surface area contributed by atoms with E-state index in [0.717, 1.165) is 25.9 Å². The molecule has 0 unspecified atom stereocenters. The molecule has 0 aliphatic heterocycles. The molecule has 4 nitrogen and oxygen atoms in total. The van der Waals surface area contributed by atoms with Gasteiger partial charge in [0.05, 0.1) is 5.75 Å². The van der Waals surface area contributed by atoms with Crippen molar-refractivity contribution >= 4 is 10.0 Å². The average Bonchev–Trinajstić information content (AvgIpc) is 2.76. The Morgan fingerprint density at radius 1 is 1.36 bits per heavy atom. The minimum absolute atomic E-state index is 0.128. The minimum Gasteiger partial charge on any atom is -0.317 e. The second kappa shape index (κ2) is 4.59. The minimum atomic E-state index is -3.05. The van der Waals surface area contributed by atoms with Gasteiger partial charge in [-0.05, 0) is 39.3 Å². The lowest BCUT2D eigenvalue weighted by atomic mass is 10.4. The van der Waals surface area contributed by atoms with E-state index in [2.05, 4.69) is 10.0 Å². The van der Waals surface area contributed by atoms with Crippen molar-refractivity contribution in [1.29, 1.82) is 0 Å². The third-order valence-corrected chi connectivity index (χ3v) is 4.05. The molecular weight excluding hydrogens is 200 g/mol. The molecule has 1 saturated carbocycles. The Bertz CT molecular complexity index is 271. The highest BCUT2D eigenvalue weighted by Gasteiger charge is 2.40. The highest BCUT2D eigenvalue weighted by Crippen LogP contribution is 2.34. The van der Waals surface area contributed by atoms with Crippen LogP contribution >= 0.6 is 0 Å². The summed E-state index contributed by atoms with van der Waals surface area (Å²) in [6.45, 7) is 5.63. The van der Waals surface area contributed by atoms with Crippen LogP contribution in [-0.4, -0.2) is 32.8 Å². The normalized spacial score (nSPS) is 19.6. The fourth-order valence-corrected chi connectivity index (χ4v) is 2.86. The molecule has 0 aromatic carbocycles. The summed E-state index contributed by atoms with van der Waals surface area (Å²) in [5, 5.41) is 3.11. The van der Waals surface area contributed by atoms with Crippen LogP contribution in [0.15, 0.2) is 0 Å². The lowest BCUT2D eigenvalue weighted by Crippen LogP contribution is -2.36. The molecule has 84 valence electrons. The van der Waals surface area contributed by atoms with Crippen LogP contribution < -0.4 is 10.0 Å². The Hall–Kier alpha value is -0.130. The zero-order chi connectivity index (χ0) is 10.7. The van der Waals surface area contributed by atoms with Crippen LogP contribution in [0.1, 0.15) is 33.1 Å². The number of hydrogen-bond donors (Lipinski definition) is 2. The molecule has 0 atom stereocenters. The molecule has 0 heterocycles. The first kappa shape index (κ1) is 11.9. The molecule has 0 bridgehead atoms. The van der Waals surface area contributed by atoms with Gasteiger partial charge in [-0.1, -0.05) is 6.92 Å². The van der Waals surface area contributed by atoms with Crippen molar-refractivity contribution in [2.45, 2.75) is 38.6 Å². The maximum absolute atomic E-state index is 11.5. The fourth-order valence-electron chi connectivity index (χ4n) is 1.28. The van der Waals surface area contributed by atoms with Crippen molar-refractivity contribution < 1.29 is 8.42 Å². The van der Waals surface area contributed by atoms with Gasteiger partial charge in [0.15, 0.2) is 0 Å². The lowest BCUT2D eigenvalue weighted by molar-refractivity contribution is 0.553. The fraction of sp³-hybridized carbons (Fsp3) is 1.00. The smallest absolute Gasteiger partial charge is 0.212 e. The Balaban J connectivity index is 2.21. The molecule has 0 amide bonds. The Morgan fingerprint density at radius 3 is 2.50 bits per heavy atom.